The maximum absolute atomic E-state index is 10.4. The van der Waals surface area contributed by atoms with Crippen molar-refractivity contribution in [3.05, 3.63) is 0 Å². The molecule has 1 unspecified atom stereocenters. The summed E-state index contributed by atoms with van der Waals surface area (Å²) in [6.07, 6.45) is 3.77. The first kappa shape index (κ1) is 11.0. The van der Waals surface area contributed by atoms with Crippen molar-refractivity contribution in [3.63, 3.8) is 0 Å². The maximum atomic E-state index is 10.4. The summed E-state index contributed by atoms with van der Waals surface area (Å²) in [4.78, 5) is 2.22. The molecular formula is C11H23NO. The molecule has 1 saturated heterocycles. The van der Waals surface area contributed by atoms with E-state index in [2.05, 4.69) is 25.7 Å². The molecule has 0 aromatic rings. The fraction of sp³-hybridized carbons (Fsp3) is 1.00. The van der Waals surface area contributed by atoms with Crippen molar-refractivity contribution in [1.82, 2.24) is 4.90 Å². The van der Waals surface area contributed by atoms with Gasteiger partial charge in [-0.1, -0.05) is 27.2 Å². The van der Waals surface area contributed by atoms with E-state index in [1.807, 2.05) is 6.92 Å². The smallest absolute Gasteiger partial charge is 0.120 e. The molecular weight excluding hydrogens is 162 g/mol. The first-order chi connectivity index (χ1) is 5.86. The first-order valence-electron chi connectivity index (χ1n) is 5.33. The molecule has 0 radical (unpaired) electrons. The van der Waals surface area contributed by atoms with Crippen molar-refractivity contribution in [1.29, 1.82) is 0 Å². The van der Waals surface area contributed by atoms with Crippen molar-refractivity contribution >= 4 is 0 Å². The Bertz CT molecular complexity index is 163. The van der Waals surface area contributed by atoms with Crippen LogP contribution in [0.3, 0.4) is 0 Å². The number of piperidine rings is 1. The number of hydrogen-bond donors (Lipinski definition) is 1. The van der Waals surface area contributed by atoms with Crippen LogP contribution in [0.1, 0.15) is 47.0 Å². The Morgan fingerprint density at radius 3 is 1.77 bits per heavy atom. The standard InChI is InChI=1S/C11H23NO/c1-10(2,3)11(4,13)12-8-6-5-7-9-12/h13H,5-9H2,1-4H3. The molecule has 0 bridgehead atoms. The van der Waals surface area contributed by atoms with Crippen molar-refractivity contribution in [3.8, 4) is 0 Å². The van der Waals surface area contributed by atoms with Gasteiger partial charge in [-0.15, -0.1) is 0 Å². The molecule has 2 heteroatoms. The summed E-state index contributed by atoms with van der Waals surface area (Å²) in [6.45, 7) is 10.3. The number of likely N-dealkylation sites (tertiary alicyclic amines) is 1. The molecule has 0 spiro atoms. The van der Waals surface area contributed by atoms with Crippen LogP contribution in [0, 0.1) is 5.41 Å². The largest absolute Gasteiger partial charge is 0.375 e. The number of nitrogens with zero attached hydrogens (tertiary/aromatic N) is 1. The fourth-order valence-corrected chi connectivity index (χ4v) is 1.80. The molecule has 0 aliphatic carbocycles. The van der Waals surface area contributed by atoms with Crippen LogP contribution in [0.2, 0.25) is 0 Å². The van der Waals surface area contributed by atoms with Gasteiger partial charge in [-0.05, 0) is 19.8 Å². The molecule has 0 saturated carbocycles. The van der Waals surface area contributed by atoms with Gasteiger partial charge in [-0.25, -0.2) is 0 Å². The summed E-state index contributed by atoms with van der Waals surface area (Å²) < 4.78 is 0. The predicted octanol–water partition coefficient (Wildman–Crippen LogP) is 2.23. The van der Waals surface area contributed by atoms with Crippen LogP contribution in [0.25, 0.3) is 0 Å². The van der Waals surface area contributed by atoms with E-state index in [4.69, 9.17) is 0 Å². The van der Waals surface area contributed by atoms with Gasteiger partial charge in [0.15, 0.2) is 0 Å². The molecule has 1 fully saturated rings. The van der Waals surface area contributed by atoms with E-state index in [0.717, 1.165) is 13.1 Å². The lowest BCUT2D eigenvalue weighted by Crippen LogP contribution is -2.56. The van der Waals surface area contributed by atoms with Gasteiger partial charge < -0.3 is 5.11 Å². The van der Waals surface area contributed by atoms with Gasteiger partial charge in [0.05, 0.1) is 0 Å². The average Bonchev–Trinajstić information content (AvgIpc) is 2.04. The number of aliphatic hydroxyl groups is 1. The van der Waals surface area contributed by atoms with Crippen LogP contribution < -0.4 is 0 Å². The van der Waals surface area contributed by atoms with Crippen molar-refractivity contribution in [2.45, 2.75) is 52.7 Å². The highest BCUT2D eigenvalue weighted by molar-refractivity contribution is 4.87. The molecule has 1 N–H and O–H groups in total. The van der Waals surface area contributed by atoms with Gasteiger partial charge in [-0.2, -0.15) is 0 Å². The van der Waals surface area contributed by atoms with E-state index in [-0.39, 0.29) is 5.41 Å². The first-order valence-corrected chi connectivity index (χ1v) is 5.33. The normalized spacial score (nSPS) is 25.6. The van der Waals surface area contributed by atoms with Crippen molar-refractivity contribution in [2.75, 3.05) is 13.1 Å². The lowest BCUT2D eigenvalue weighted by Gasteiger charge is -2.47. The summed E-state index contributed by atoms with van der Waals surface area (Å²) in [5.74, 6) is 0. The topological polar surface area (TPSA) is 23.5 Å². The Kier molecular flexibility index (Phi) is 3.03. The molecule has 1 atom stereocenters. The monoisotopic (exact) mass is 185 g/mol. The van der Waals surface area contributed by atoms with E-state index in [0.29, 0.717) is 0 Å². The minimum absolute atomic E-state index is 0.0651. The molecule has 0 amide bonds. The molecule has 1 rings (SSSR count). The summed E-state index contributed by atoms with van der Waals surface area (Å²) in [5.41, 5.74) is -0.724. The zero-order chi connectivity index (χ0) is 10.1. The van der Waals surface area contributed by atoms with E-state index in [9.17, 15) is 5.11 Å². The van der Waals surface area contributed by atoms with Gasteiger partial charge in [-0.3, -0.25) is 4.90 Å². The van der Waals surface area contributed by atoms with Crippen molar-refractivity contribution in [2.24, 2.45) is 5.41 Å². The van der Waals surface area contributed by atoms with E-state index >= 15 is 0 Å². The third-order valence-electron chi connectivity index (χ3n) is 3.39. The summed E-state index contributed by atoms with van der Waals surface area (Å²) in [7, 11) is 0. The SMILES string of the molecule is CC(C)(C)C(C)(O)N1CCCCC1. The highest BCUT2D eigenvalue weighted by atomic mass is 16.3. The number of hydrogen-bond acceptors (Lipinski definition) is 2. The van der Waals surface area contributed by atoms with Crippen LogP contribution in [0.5, 0.6) is 0 Å². The second-order valence-corrected chi connectivity index (χ2v) is 5.32. The van der Waals surface area contributed by atoms with Gasteiger partial charge in [0.25, 0.3) is 0 Å². The lowest BCUT2D eigenvalue weighted by molar-refractivity contribution is -0.170. The molecule has 1 aliphatic heterocycles. The molecule has 0 aromatic carbocycles. The third kappa shape index (κ3) is 2.23. The van der Waals surface area contributed by atoms with Crippen molar-refractivity contribution < 1.29 is 5.11 Å². The minimum atomic E-state index is -0.659. The Labute approximate surface area is 81.9 Å². The molecule has 0 aromatic heterocycles. The van der Waals surface area contributed by atoms with Crippen LogP contribution in [0.15, 0.2) is 0 Å². The third-order valence-corrected chi connectivity index (χ3v) is 3.39. The Morgan fingerprint density at radius 1 is 0.923 bits per heavy atom. The molecule has 78 valence electrons. The Balaban J connectivity index is 2.67. The van der Waals surface area contributed by atoms with E-state index in [1.54, 1.807) is 0 Å². The predicted molar refractivity (Wildman–Crippen MR) is 55.5 cm³/mol. The molecule has 1 heterocycles. The second kappa shape index (κ2) is 3.58. The maximum Gasteiger partial charge on any atom is 0.120 e. The zero-order valence-electron chi connectivity index (χ0n) is 9.43. The molecule has 2 nitrogen and oxygen atoms in total. The van der Waals surface area contributed by atoms with Crippen LogP contribution in [0.4, 0.5) is 0 Å². The quantitative estimate of drug-likeness (QED) is 0.677. The zero-order valence-corrected chi connectivity index (χ0v) is 9.43. The molecule has 1 aliphatic rings. The highest BCUT2D eigenvalue weighted by Gasteiger charge is 2.40. The summed E-state index contributed by atoms with van der Waals surface area (Å²) >= 11 is 0. The van der Waals surface area contributed by atoms with Crippen LogP contribution in [-0.2, 0) is 0 Å². The van der Waals surface area contributed by atoms with Gasteiger partial charge in [0, 0.05) is 18.5 Å². The van der Waals surface area contributed by atoms with E-state index in [1.165, 1.54) is 19.3 Å². The fourth-order valence-electron chi connectivity index (χ4n) is 1.80. The highest BCUT2D eigenvalue weighted by Crippen LogP contribution is 2.34. The summed E-state index contributed by atoms with van der Waals surface area (Å²) in [6, 6.07) is 0. The second-order valence-electron chi connectivity index (χ2n) is 5.32. The number of rotatable bonds is 1. The lowest BCUT2D eigenvalue weighted by atomic mass is 9.82. The van der Waals surface area contributed by atoms with Gasteiger partial charge in [0.1, 0.15) is 5.72 Å². The minimum Gasteiger partial charge on any atom is -0.375 e. The van der Waals surface area contributed by atoms with Crippen LogP contribution in [-0.4, -0.2) is 28.8 Å². The average molecular weight is 185 g/mol. The van der Waals surface area contributed by atoms with Gasteiger partial charge in [0.2, 0.25) is 0 Å². The summed E-state index contributed by atoms with van der Waals surface area (Å²) in [5, 5.41) is 10.4. The Morgan fingerprint density at radius 2 is 1.38 bits per heavy atom. The van der Waals surface area contributed by atoms with Crippen LogP contribution >= 0.6 is 0 Å². The van der Waals surface area contributed by atoms with E-state index < -0.39 is 5.72 Å². The Hall–Kier alpha value is -0.0800. The van der Waals surface area contributed by atoms with Gasteiger partial charge >= 0.3 is 0 Å². The molecule has 13 heavy (non-hydrogen) atoms.